The maximum atomic E-state index is 11.9. The van der Waals surface area contributed by atoms with Gasteiger partial charge in [0.05, 0.1) is 43.4 Å². The number of nitrogens with one attached hydrogen (secondary N) is 3. The Balaban J connectivity index is 1.48. The van der Waals surface area contributed by atoms with E-state index in [1.165, 1.54) is 5.56 Å². The number of morpholine rings is 1. The van der Waals surface area contributed by atoms with Gasteiger partial charge in [0.15, 0.2) is 5.82 Å². The first kappa shape index (κ1) is 24.8. The van der Waals surface area contributed by atoms with Crippen molar-refractivity contribution >= 4 is 29.0 Å². The molecule has 0 saturated carbocycles. The Kier molecular flexibility index (Phi) is 7.36. The third-order valence-corrected chi connectivity index (χ3v) is 6.78. The molecule has 2 aliphatic heterocycles. The molecular weight excluding hydrogens is 468 g/mol. The summed E-state index contributed by atoms with van der Waals surface area (Å²) in [5.74, 6) is 2.61. The van der Waals surface area contributed by atoms with Crippen molar-refractivity contribution < 1.29 is 9.53 Å². The van der Waals surface area contributed by atoms with Crippen molar-refractivity contribution in [1.29, 1.82) is 0 Å². The van der Waals surface area contributed by atoms with Crippen molar-refractivity contribution in [1.82, 2.24) is 20.3 Å². The Morgan fingerprint density at radius 2 is 1.92 bits per heavy atom. The van der Waals surface area contributed by atoms with Crippen LogP contribution in [0.2, 0.25) is 0 Å². The number of carbonyl (C=O) groups excluding carboxylic acids is 1. The lowest BCUT2D eigenvalue weighted by molar-refractivity contribution is 0.0984. The molecule has 2 amide bonds. The first-order chi connectivity index (χ1) is 18.1. The molecular formula is C27H34N8O2. The molecule has 0 bridgehead atoms. The summed E-state index contributed by atoms with van der Waals surface area (Å²) < 4.78 is 5.70. The van der Waals surface area contributed by atoms with Crippen LogP contribution < -0.4 is 25.8 Å². The molecule has 0 radical (unpaired) electrons. The predicted octanol–water partition coefficient (Wildman–Crippen LogP) is 3.51. The second kappa shape index (κ2) is 11.0. The van der Waals surface area contributed by atoms with Crippen LogP contribution in [0.3, 0.4) is 0 Å². The van der Waals surface area contributed by atoms with Crippen LogP contribution in [-0.4, -0.2) is 66.9 Å². The molecule has 2 aliphatic rings. The number of anilines is 4. The maximum Gasteiger partial charge on any atom is 0.319 e. The largest absolute Gasteiger partial charge is 0.387 e. The van der Waals surface area contributed by atoms with E-state index in [4.69, 9.17) is 14.7 Å². The smallest absolute Gasteiger partial charge is 0.319 e. The number of pyridine rings is 1. The van der Waals surface area contributed by atoms with Gasteiger partial charge in [0.25, 0.3) is 0 Å². The minimum atomic E-state index is -0.222. The Labute approximate surface area is 217 Å². The van der Waals surface area contributed by atoms with Gasteiger partial charge in [0.2, 0.25) is 0 Å². The summed E-state index contributed by atoms with van der Waals surface area (Å²) in [4.78, 5) is 31.3. The van der Waals surface area contributed by atoms with E-state index in [1.54, 1.807) is 0 Å². The molecule has 194 valence electrons. The number of aromatic nitrogens is 3. The fraction of sp³-hybridized carbons (Fsp3) is 0.407. The van der Waals surface area contributed by atoms with Crippen LogP contribution in [0, 0.1) is 0 Å². The van der Waals surface area contributed by atoms with Crippen molar-refractivity contribution in [3.8, 4) is 11.4 Å². The van der Waals surface area contributed by atoms with Gasteiger partial charge in [0, 0.05) is 43.5 Å². The highest BCUT2D eigenvalue weighted by Gasteiger charge is 2.29. The molecule has 1 aromatic carbocycles. The molecule has 1 fully saturated rings. The van der Waals surface area contributed by atoms with Gasteiger partial charge in [-0.1, -0.05) is 0 Å². The number of amides is 2. The van der Waals surface area contributed by atoms with Crippen molar-refractivity contribution in [2.24, 2.45) is 0 Å². The predicted molar refractivity (Wildman–Crippen MR) is 146 cm³/mol. The number of nitrogens with zero attached hydrogens (tertiary/aromatic N) is 5. The topological polar surface area (TPSA) is 108 Å². The van der Waals surface area contributed by atoms with Gasteiger partial charge in [-0.15, -0.1) is 0 Å². The minimum Gasteiger partial charge on any atom is -0.387 e. The van der Waals surface area contributed by atoms with E-state index in [2.05, 4.69) is 37.7 Å². The van der Waals surface area contributed by atoms with Crippen molar-refractivity contribution in [3.05, 3.63) is 53.9 Å². The summed E-state index contributed by atoms with van der Waals surface area (Å²) in [7, 11) is 1.89. The Hall–Kier alpha value is -3.92. The second-order valence-electron chi connectivity index (χ2n) is 9.30. The summed E-state index contributed by atoms with van der Waals surface area (Å²) in [6.45, 7) is 8.33. The Morgan fingerprint density at radius 1 is 1.11 bits per heavy atom. The van der Waals surface area contributed by atoms with E-state index in [1.807, 2.05) is 56.6 Å². The standard InChI is InChI=1S/C27H34N8O2/c1-4-29-27(36)31-20-7-5-19(6-8-20)25-32-23-16-34(24-10-9-21(28-3)15-30-24)12-11-22(23)26(33-25)35-13-14-37-17-18(35)2/h5-10,15,18,28H,4,11-14,16-17H2,1-3H3,(H2,29,31,36)/t18-/m0/s1. The molecule has 0 unspecified atom stereocenters. The molecule has 4 heterocycles. The number of urea groups is 1. The number of hydrogen-bond donors (Lipinski definition) is 3. The first-order valence-corrected chi connectivity index (χ1v) is 12.8. The zero-order valence-electron chi connectivity index (χ0n) is 21.6. The van der Waals surface area contributed by atoms with Crippen molar-refractivity contribution in [2.45, 2.75) is 32.9 Å². The van der Waals surface area contributed by atoms with E-state index in [0.717, 1.165) is 53.8 Å². The second-order valence-corrected chi connectivity index (χ2v) is 9.30. The molecule has 0 aliphatic carbocycles. The lowest BCUT2D eigenvalue weighted by Crippen LogP contribution is -2.45. The molecule has 1 saturated heterocycles. The zero-order chi connectivity index (χ0) is 25.8. The van der Waals surface area contributed by atoms with Crippen LogP contribution in [0.5, 0.6) is 0 Å². The van der Waals surface area contributed by atoms with Crippen LogP contribution in [0.4, 0.5) is 27.8 Å². The van der Waals surface area contributed by atoms with E-state index < -0.39 is 0 Å². The number of rotatable bonds is 6. The first-order valence-electron chi connectivity index (χ1n) is 12.8. The molecule has 3 N–H and O–H groups in total. The molecule has 10 nitrogen and oxygen atoms in total. The summed E-state index contributed by atoms with van der Waals surface area (Å²) in [5, 5.41) is 8.71. The van der Waals surface area contributed by atoms with Crippen LogP contribution in [-0.2, 0) is 17.7 Å². The fourth-order valence-electron chi connectivity index (χ4n) is 4.77. The fourth-order valence-corrected chi connectivity index (χ4v) is 4.77. The van der Waals surface area contributed by atoms with Crippen molar-refractivity contribution in [3.63, 3.8) is 0 Å². The zero-order valence-corrected chi connectivity index (χ0v) is 21.6. The molecule has 10 heteroatoms. The quantitative estimate of drug-likeness (QED) is 0.470. The normalized spacial score (nSPS) is 17.2. The van der Waals surface area contributed by atoms with Crippen LogP contribution >= 0.6 is 0 Å². The van der Waals surface area contributed by atoms with Gasteiger partial charge >= 0.3 is 6.03 Å². The van der Waals surface area contributed by atoms with E-state index in [0.29, 0.717) is 32.1 Å². The summed E-state index contributed by atoms with van der Waals surface area (Å²) in [6.07, 6.45) is 2.70. The number of benzene rings is 1. The molecule has 0 spiro atoms. The summed E-state index contributed by atoms with van der Waals surface area (Å²) >= 11 is 0. The van der Waals surface area contributed by atoms with Gasteiger partial charge in [-0.05, 0) is 56.7 Å². The van der Waals surface area contributed by atoms with Crippen LogP contribution in [0.15, 0.2) is 42.6 Å². The Bertz CT molecular complexity index is 1230. The average Bonchev–Trinajstić information content (AvgIpc) is 2.93. The highest BCUT2D eigenvalue weighted by atomic mass is 16.5. The number of carbonyl (C=O) groups is 1. The molecule has 3 aromatic rings. The number of ether oxygens (including phenoxy) is 1. The third kappa shape index (κ3) is 5.43. The summed E-state index contributed by atoms with van der Waals surface area (Å²) in [5.41, 5.74) is 4.83. The lowest BCUT2D eigenvalue weighted by Gasteiger charge is -2.38. The number of fused-ring (bicyclic) bond motifs is 1. The van der Waals surface area contributed by atoms with Crippen molar-refractivity contribution in [2.75, 3.05) is 60.3 Å². The third-order valence-electron chi connectivity index (χ3n) is 6.78. The van der Waals surface area contributed by atoms with E-state index >= 15 is 0 Å². The van der Waals surface area contributed by atoms with Crippen LogP contribution in [0.1, 0.15) is 25.1 Å². The monoisotopic (exact) mass is 502 g/mol. The highest BCUT2D eigenvalue weighted by molar-refractivity contribution is 5.89. The van der Waals surface area contributed by atoms with E-state index in [9.17, 15) is 4.79 Å². The van der Waals surface area contributed by atoms with Gasteiger partial charge in [-0.2, -0.15) is 0 Å². The molecule has 37 heavy (non-hydrogen) atoms. The molecule has 5 rings (SSSR count). The lowest BCUT2D eigenvalue weighted by atomic mass is 10.0. The average molecular weight is 503 g/mol. The maximum absolute atomic E-state index is 11.9. The summed E-state index contributed by atoms with van der Waals surface area (Å²) in [6, 6.07) is 11.8. The van der Waals surface area contributed by atoms with Gasteiger partial charge in [0.1, 0.15) is 11.6 Å². The van der Waals surface area contributed by atoms with E-state index in [-0.39, 0.29) is 12.1 Å². The highest BCUT2D eigenvalue weighted by Crippen LogP contribution is 2.33. The van der Waals surface area contributed by atoms with Gasteiger partial charge in [-0.25, -0.2) is 19.7 Å². The van der Waals surface area contributed by atoms with Gasteiger partial charge < -0.3 is 30.5 Å². The number of hydrogen-bond acceptors (Lipinski definition) is 8. The molecule has 1 atom stereocenters. The minimum absolute atomic E-state index is 0.222. The van der Waals surface area contributed by atoms with Crippen LogP contribution in [0.25, 0.3) is 11.4 Å². The molecule has 2 aromatic heterocycles. The van der Waals surface area contributed by atoms with Gasteiger partial charge in [-0.3, -0.25) is 0 Å². The Morgan fingerprint density at radius 3 is 2.62 bits per heavy atom. The SMILES string of the molecule is CCNC(=O)Nc1ccc(-c2nc3c(c(N4CCOC[C@@H]4C)n2)CCN(c2ccc(NC)cn2)C3)cc1.